The Labute approximate surface area is 192 Å². The van der Waals surface area contributed by atoms with Crippen molar-refractivity contribution in [3.8, 4) is 0 Å². The van der Waals surface area contributed by atoms with E-state index in [1.54, 1.807) is 35.9 Å². The fourth-order valence-corrected chi connectivity index (χ4v) is 5.76. The molecular formula is C22H19ClN4O2S2. The zero-order valence-electron chi connectivity index (χ0n) is 16.9. The maximum atomic E-state index is 12.4. The lowest BCUT2D eigenvalue weighted by molar-refractivity contribution is -0.113. The van der Waals surface area contributed by atoms with Gasteiger partial charge in [0, 0.05) is 28.1 Å². The van der Waals surface area contributed by atoms with Gasteiger partial charge in [-0.2, -0.15) is 0 Å². The second-order valence-electron chi connectivity index (χ2n) is 7.98. The van der Waals surface area contributed by atoms with Gasteiger partial charge in [0.2, 0.25) is 5.91 Å². The molecule has 1 N–H and O–H groups in total. The summed E-state index contributed by atoms with van der Waals surface area (Å²) in [4.78, 5) is 27.2. The van der Waals surface area contributed by atoms with Gasteiger partial charge in [-0.25, -0.2) is 15.0 Å². The predicted molar refractivity (Wildman–Crippen MR) is 126 cm³/mol. The first-order chi connectivity index (χ1) is 14.9. The fraction of sp³-hybridized carbons (Fsp3) is 0.273. The summed E-state index contributed by atoms with van der Waals surface area (Å²) < 4.78 is 6.90. The van der Waals surface area contributed by atoms with Crippen molar-refractivity contribution < 1.29 is 9.53 Å². The number of pyridine rings is 1. The molecule has 1 aliphatic rings. The van der Waals surface area contributed by atoms with Crippen molar-refractivity contribution in [1.29, 1.82) is 0 Å². The number of carbonyl (C=O) groups is 1. The molecule has 1 aromatic carbocycles. The van der Waals surface area contributed by atoms with Gasteiger partial charge in [0.1, 0.15) is 16.2 Å². The number of anilines is 1. The smallest absolute Gasteiger partial charge is 0.234 e. The normalized spacial score (nSPS) is 15.2. The number of thioether (sulfide) groups is 1. The Hall–Kier alpha value is -2.26. The molecule has 0 aliphatic carbocycles. The van der Waals surface area contributed by atoms with Crippen LogP contribution in [-0.4, -0.2) is 32.2 Å². The number of benzene rings is 1. The number of halogens is 1. The highest BCUT2D eigenvalue weighted by Gasteiger charge is 2.28. The molecule has 0 unspecified atom stereocenters. The van der Waals surface area contributed by atoms with Crippen LogP contribution in [0.15, 0.2) is 41.7 Å². The molecule has 6 nitrogen and oxygen atoms in total. The highest BCUT2D eigenvalue weighted by atomic mass is 35.5. The molecule has 0 spiro atoms. The van der Waals surface area contributed by atoms with E-state index >= 15 is 0 Å². The molecule has 0 atom stereocenters. The molecule has 1 amide bonds. The zero-order valence-corrected chi connectivity index (χ0v) is 19.3. The largest absolute Gasteiger partial charge is 0.370 e. The van der Waals surface area contributed by atoms with Gasteiger partial charge in [-0.3, -0.25) is 4.79 Å². The Morgan fingerprint density at radius 3 is 3.03 bits per heavy atom. The molecule has 9 heteroatoms. The lowest BCUT2D eigenvalue weighted by Gasteiger charge is -2.30. The zero-order chi connectivity index (χ0) is 21.6. The van der Waals surface area contributed by atoms with Crippen LogP contribution in [0.4, 0.5) is 5.69 Å². The summed E-state index contributed by atoms with van der Waals surface area (Å²) in [6, 6.07) is 9.23. The van der Waals surface area contributed by atoms with Crippen LogP contribution in [0.1, 0.15) is 25.1 Å². The van der Waals surface area contributed by atoms with Crippen LogP contribution in [0.2, 0.25) is 5.02 Å². The lowest BCUT2D eigenvalue weighted by atomic mass is 9.95. The Balaban J connectivity index is 1.41. The molecule has 0 saturated heterocycles. The van der Waals surface area contributed by atoms with Crippen LogP contribution in [0.3, 0.4) is 0 Å². The van der Waals surface area contributed by atoms with Crippen LogP contribution in [0.5, 0.6) is 0 Å². The fourth-order valence-electron chi connectivity index (χ4n) is 3.56. The van der Waals surface area contributed by atoms with E-state index in [0.717, 1.165) is 43.1 Å². The van der Waals surface area contributed by atoms with E-state index in [0.29, 0.717) is 17.3 Å². The van der Waals surface area contributed by atoms with E-state index in [2.05, 4.69) is 35.2 Å². The molecule has 0 fully saturated rings. The molecule has 31 heavy (non-hydrogen) atoms. The summed E-state index contributed by atoms with van der Waals surface area (Å²) >= 11 is 8.94. The summed E-state index contributed by atoms with van der Waals surface area (Å²) in [6.45, 7) is 4.72. The molecule has 1 aliphatic heterocycles. The summed E-state index contributed by atoms with van der Waals surface area (Å²) in [7, 11) is 0. The number of ether oxygens (including phenoxy) is 1. The number of rotatable bonds is 4. The van der Waals surface area contributed by atoms with Gasteiger partial charge in [-0.15, -0.1) is 11.3 Å². The molecule has 4 heterocycles. The highest BCUT2D eigenvalue weighted by molar-refractivity contribution is 8.00. The van der Waals surface area contributed by atoms with Gasteiger partial charge >= 0.3 is 0 Å². The van der Waals surface area contributed by atoms with E-state index in [1.165, 1.54) is 11.8 Å². The molecule has 3 aromatic heterocycles. The first-order valence-electron chi connectivity index (χ1n) is 9.76. The van der Waals surface area contributed by atoms with E-state index in [4.69, 9.17) is 21.3 Å². The maximum Gasteiger partial charge on any atom is 0.234 e. The molecule has 5 rings (SSSR count). The van der Waals surface area contributed by atoms with Crippen LogP contribution in [0, 0.1) is 0 Å². The van der Waals surface area contributed by atoms with E-state index in [-0.39, 0.29) is 17.3 Å². The average Bonchev–Trinajstić information content (AvgIpc) is 3.08. The van der Waals surface area contributed by atoms with Gasteiger partial charge in [-0.1, -0.05) is 29.4 Å². The number of amides is 1. The minimum absolute atomic E-state index is 0.117. The minimum atomic E-state index is -0.207. The number of hydrogen-bond donors (Lipinski definition) is 1. The third kappa shape index (κ3) is 4.25. The third-order valence-corrected chi connectivity index (χ3v) is 7.49. The first-order valence-corrected chi connectivity index (χ1v) is 11.9. The van der Waals surface area contributed by atoms with Gasteiger partial charge in [0.05, 0.1) is 33.9 Å². The van der Waals surface area contributed by atoms with Crippen molar-refractivity contribution >= 4 is 66.7 Å². The van der Waals surface area contributed by atoms with Crippen molar-refractivity contribution in [3.05, 3.63) is 52.9 Å². The van der Waals surface area contributed by atoms with Crippen molar-refractivity contribution in [2.24, 2.45) is 0 Å². The van der Waals surface area contributed by atoms with Crippen LogP contribution in [-0.2, 0) is 22.6 Å². The monoisotopic (exact) mass is 470 g/mol. The Kier molecular flexibility index (Phi) is 5.34. The summed E-state index contributed by atoms with van der Waals surface area (Å²) in [5, 5.41) is 5.23. The van der Waals surface area contributed by atoms with Crippen molar-refractivity contribution in [1.82, 2.24) is 15.0 Å². The Morgan fingerprint density at radius 1 is 1.32 bits per heavy atom. The van der Waals surface area contributed by atoms with E-state index in [1.807, 2.05) is 6.07 Å². The molecular weight excluding hydrogens is 452 g/mol. The van der Waals surface area contributed by atoms with Gasteiger partial charge in [0.25, 0.3) is 0 Å². The lowest BCUT2D eigenvalue weighted by Crippen LogP contribution is -2.32. The van der Waals surface area contributed by atoms with Gasteiger partial charge in [0.15, 0.2) is 0 Å². The summed E-state index contributed by atoms with van der Waals surface area (Å²) in [5.41, 5.74) is 3.53. The number of hydrogen-bond acceptors (Lipinski definition) is 7. The van der Waals surface area contributed by atoms with Crippen molar-refractivity contribution in [2.45, 2.75) is 37.5 Å². The number of aromatic nitrogens is 3. The van der Waals surface area contributed by atoms with Crippen LogP contribution in [0.25, 0.3) is 20.4 Å². The summed E-state index contributed by atoms with van der Waals surface area (Å²) in [6.07, 6.45) is 2.33. The average molecular weight is 471 g/mol. The number of nitrogens with zero attached hydrogens (tertiary/aromatic N) is 3. The topological polar surface area (TPSA) is 77.0 Å². The highest BCUT2D eigenvalue weighted by Crippen LogP contribution is 2.38. The first kappa shape index (κ1) is 20.6. The van der Waals surface area contributed by atoms with E-state index < -0.39 is 0 Å². The molecule has 158 valence electrons. The van der Waals surface area contributed by atoms with Crippen LogP contribution < -0.4 is 5.32 Å². The van der Waals surface area contributed by atoms with Crippen LogP contribution >= 0.6 is 34.7 Å². The number of thiophene rings is 1. The second-order valence-corrected chi connectivity index (χ2v) is 10.4. The molecule has 0 bridgehead atoms. The third-order valence-electron chi connectivity index (χ3n) is 5.04. The molecule has 0 saturated carbocycles. The van der Waals surface area contributed by atoms with E-state index in [9.17, 15) is 4.79 Å². The summed E-state index contributed by atoms with van der Waals surface area (Å²) in [5.74, 6) is 0.117. The minimum Gasteiger partial charge on any atom is -0.370 e. The Bertz CT molecular complexity index is 1320. The predicted octanol–water partition coefficient (Wildman–Crippen LogP) is 5.48. The quantitative estimate of drug-likeness (QED) is 0.314. The standard InChI is InChI=1S/C22H19ClN4O2S2/c1-22(2)8-16-12(9-29-22)6-15-18-19(31-20(15)27-16)21(25-11-24-18)30-10-17(28)26-14-5-3-4-13(23)7-14/h3-7,11H,8-10H2,1-2H3,(H,26,28). The number of carbonyl (C=O) groups excluding carboxylic acids is 1. The van der Waals surface area contributed by atoms with Gasteiger partial charge < -0.3 is 10.1 Å². The number of fused-ring (bicyclic) bond motifs is 4. The maximum absolute atomic E-state index is 12.4. The molecule has 4 aromatic rings. The number of nitrogens with one attached hydrogen (secondary N) is 1. The molecule has 0 radical (unpaired) electrons. The second kappa shape index (κ2) is 8.02. The van der Waals surface area contributed by atoms with Crippen molar-refractivity contribution in [3.63, 3.8) is 0 Å². The Morgan fingerprint density at radius 2 is 2.19 bits per heavy atom. The SMILES string of the molecule is CC1(C)Cc2nc3sc4c(SCC(=O)Nc5cccc(Cl)c5)ncnc4c3cc2CO1. The van der Waals surface area contributed by atoms with Crippen molar-refractivity contribution in [2.75, 3.05) is 11.1 Å². The van der Waals surface area contributed by atoms with Gasteiger partial charge in [-0.05, 0) is 38.1 Å².